The van der Waals surface area contributed by atoms with Crippen molar-refractivity contribution >= 4 is 21.4 Å². The van der Waals surface area contributed by atoms with Gasteiger partial charge in [-0.2, -0.15) is 4.31 Å². The van der Waals surface area contributed by atoms with E-state index >= 15 is 0 Å². The van der Waals surface area contributed by atoms with E-state index in [1.807, 2.05) is 13.0 Å². The van der Waals surface area contributed by atoms with E-state index in [1.165, 1.54) is 15.6 Å². The minimum atomic E-state index is -3.35. The summed E-state index contributed by atoms with van der Waals surface area (Å²) in [6, 6.07) is 5.25. The Bertz CT molecular complexity index is 698. The Kier molecular flexibility index (Phi) is 3.57. The standard InChI is InChI=1S/C13H15N3O2S2/c1-10-4-6-14-13(15-10)11-5-7-16(9-11)20(17,18)12-3-2-8-19-12/h2-4,6,8,11H,5,7,9H2,1H3/t11-/m0/s1. The summed E-state index contributed by atoms with van der Waals surface area (Å²) in [4.78, 5) is 8.68. The van der Waals surface area contributed by atoms with Crippen molar-refractivity contribution in [1.29, 1.82) is 0 Å². The number of nitrogens with zero attached hydrogens (tertiary/aromatic N) is 3. The normalized spacial score (nSPS) is 20.4. The van der Waals surface area contributed by atoms with E-state index in [-0.39, 0.29) is 5.92 Å². The lowest BCUT2D eigenvalue weighted by Gasteiger charge is -2.15. The fourth-order valence-electron chi connectivity index (χ4n) is 2.36. The maximum absolute atomic E-state index is 12.4. The largest absolute Gasteiger partial charge is 0.252 e. The first-order chi connectivity index (χ1) is 9.57. The van der Waals surface area contributed by atoms with Crippen LogP contribution in [0.1, 0.15) is 23.9 Å². The van der Waals surface area contributed by atoms with Crippen LogP contribution in [0.25, 0.3) is 0 Å². The van der Waals surface area contributed by atoms with Crippen LogP contribution in [-0.4, -0.2) is 35.8 Å². The van der Waals surface area contributed by atoms with Gasteiger partial charge in [0.2, 0.25) is 0 Å². The zero-order chi connectivity index (χ0) is 14.2. The van der Waals surface area contributed by atoms with Crippen molar-refractivity contribution in [3.05, 3.63) is 41.3 Å². The summed E-state index contributed by atoms with van der Waals surface area (Å²) in [5, 5.41) is 1.78. The molecule has 1 aliphatic rings. The molecule has 20 heavy (non-hydrogen) atoms. The van der Waals surface area contributed by atoms with Crippen molar-refractivity contribution in [2.24, 2.45) is 0 Å². The Morgan fingerprint density at radius 3 is 2.95 bits per heavy atom. The van der Waals surface area contributed by atoms with Gasteiger partial charge in [-0.15, -0.1) is 11.3 Å². The molecule has 3 heterocycles. The molecule has 1 fully saturated rings. The van der Waals surface area contributed by atoms with Gasteiger partial charge >= 0.3 is 0 Å². The molecule has 7 heteroatoms. The zero-order valence-corrected chi connectivity index (χ0v) is 12.7. The number of aromatic nitrogens is 2. The average Bonchev–Trinajstić information content (AvgIpc) is 3.11. The van der Waals surface area contributed by atoms with E-state index in [9.17, 15) is 8.42 Å². The molecule has 5 nitrogen and oxygen atoms in total. The first-order valence-corrected chi connectivity index (χ1v) is 8.72. The first kappa shape index (κ1) is 13.7. The number of aryl methyl sites for hydroxylation is 1. The van der Waals surface area contributed by atoms with E-state index in [0.717, 1.165) is 17.9 Å². The SMILES string of the molecule is Cc1ccnc([C@H]2CCN(S(=O)(=O)c3cccs3)C2)n1. The molecule has 1 saturated heterocycles. The molecule has 0 radical (unpaired) electrons. The number of sulfonamides is 1. The molecule has 0 N–H and O–H groups in total. The molecule has 0 unspecified atom stereocenters. The minimum Gasteiger partial charge on any atom is -0.241 e. The monoisotopic (exact) mass is 309 g/mol. The molecule has 1 atom stereocenters. The summed E-state index contributed by atoms with van der Waals surface area (Å²) in [5.74, 6) is 0.832. The highest BCUT2D eigenvalue weighted by Gasteiger charge is 2.34. The van der Waals surface area contributed by atoms with Crippen LogP contribution in [0.4, 0.5) is 0 Å². The van der Waals surface area contributed by atoms with Crippen molar-refractivity contribution in [1.82, 2.24) is 14.3 Å². The molecule has 0 bridgehead atoms. The molecule has 1 aliphatic heterocycles. The van der Waals surface area contributed by atoms with E-state index in [1.54, 1.807) is 23.7 Å². The first-order valence-electron chi connectivity index (χ1n) is 6.40. The highest BCUT2D eigenvalue weighted by atomic mass is 32.2. The van der Waals surface area contributed by atoms with E-state index in [0.29, 0.717) is 17.3 Å². The van der Waals surface area contributed by atoms with Gasteiger partial charge in [0.1, 0.15) is 10.0 Å². The van der Waals surface area contributed by atoms with E-state index in [4.69, 9.17) is 0 Å². The number of hydrogen-bond donors (Lipinski definition) is 0. The molecule has 2 aromatic rings. The van der Waals surface area contributed by atoms with Crippen LogP contribution >= 0.6 is 11.3 Å². The van der Waals surface area contributed by atoms with Crippen molar-refractivity contribution in [3.63, 3.8) is 0 Å². The zero-order valence-electron chi connectivity index (χ0n) is 11.1. The summed E-state index contributed by atoms with van der Waals surface area (Å²) in [6.45, 7) is 2.91. The second kappa shape index (κ2) is 5.23. The lowest BCUT2D eigenvalue weighted by atomic mass is 10.1. The molecule has 0 amide bonds. The highest BCUT2D eigenvalue weighted by Crippen LogP contribution is 2.30. The lowest BCUT2D eigenvalue weighted by molar-refractivity contribution is 0.473. The predicted molar refractivity (Wildman–Crippen MR) is 77.2 cm³/mol. The molecule has 0 saturated carbocycles. The summed E-state index contributed by atoms with van der Waals surface area (Å²) in [6.07, 6.45) is 2.50. The third-order valence-corrected chi connectivity index (χ3v) is 6.66. The second-order valence-electron chi connectivity index (χ2n) is 4.84. The van der Waals surface area contributed by atoms with Crippen LogP contribution in [0.15, 0.2) is 34.0 Å². The Labute approximate surface area is 122 Å². The predicted octanol–water partition coefficient (Wildman–Crippen LogP) is 2.02. The molecule has 2 aromatic heterocycles. The molecule has 3 rings (SSSR count). The highest BCUT2D eigenvalue weighted by molar-refractivity contribution is 7.91. The molecule has 0 spiro atoms. The van der Waals surface area contributed by atoms with Gasteiger partial charge in [0, 0.05) is 30.9 Å². The quantitative estimate of drug-likeness (QED) is 0.870. The molecular formula is C13H15N3O2S2. The minimum absolute atomic E-state index is 0.0876. The summed E-state index contributed by atoms with van der Waals surface area (Å²) < 4.78 is 26.8. The van der Waals surface area contributed by atoms with Crippen molar-refractivity contribution < 1.29 is 8.42 Å². The van der Waals surface area contributed by atoms with Gasteiger partial charge in [-0.05, 0) is 30.9 Å². The lowest BCUT2D eigenvalue weighted by Crippen LogP contribution is -2.28. The van der Waals surface area contributed by atoms with Crippen LogP contribution in [0.5, 0.6) is 0 Å². The van der Waals surface area contributed by atoms with Gasteiger partial charge in [0.25, 0.3) is 10.0 Å². The van der Waals surface area contributed by atoms with Gasteiger partial charge in [-0.25, -0.2) is 18.4 Å². The number of thiophene rings is 1. The van der Waals surface area contributed by atoms with Gasteiger partial charge < -0.3 is 0 Å². The summed E-state index contributed by atoms with van der Waals surface area (Å²) in [5.41, 5.74) is 0.912. The van der Waals surface area contributed by atoms with Gasteiger partial charge in [0.15, 0.2) is 0 Å². The fourth-order valence-corrected chi connectivity index (χ4v) is 5.00. The summed E-state index contributed by atoms with van der Waals surface area (Å²) in [7, 11) is -3.35. The Morgan fingerprint density at radius 1 is 1.40 bits per heavy atom. The third-order valence-electron chi connectivity index (χ3n) is 3.42. The number of hydrogen-bond acceptors (Lipinski definition) is 5. The summed E-state index contributed by atoms with van der Waals surface area (Å²) >= 11 is 1.26. The van der Waals surface area contributed by atoms with Gasteiger partial charge in [-0.3, -0.25) is 0 Å². The van der Waals surface area contributed by atoms with Crippen LogP contribution < -0.4 is 0 Å². The van der Waals surface area contributed by atoms with Crippen LogP contribution in [0.2, 0.25) is 0 Å². The van der Waals surface area contributed by atoms with E-state index in [2.05, 4.69) is 9.97 Å². The van der Waals surface area contributed by atoms with Gasteiger partial charge in [-0.1, -0.05) is 6.07 Å². The van der Waals surface area contributed by atoms with E-state index < -0.39 is 10.0 Å². The smallest absolute Gasteiger partial charge is 0.241 e. The maximum Gasteiger partial charge on any atom is 0.252 e. The number of rotatable bonds is 3. The van der Waals surface area contributed by atoms with Crippen LogP contribution in [-0.2, 0) is 10.0 Å². The van der Waals surface area contributed by atoms with Crippen molar-refractivity contribution in [2.75, 3.05) is 13.1 Å². The molecule has 106 valence electrons. The van der Waals surface area contributed by atoms with Crippen LogP contribution in [0.3, 0.4) is 0 Å². The Balaban J connectivity index is 1.81. The third kappa shape index (κ3) is 2.48. The Morgan fingerprint density at radius 2 is 2.25 bits per heavy atom. The molecule has 0 aromatic carbocycles. The van der Waals surface area contributed by atoms with Crippen LogP contribution in [0, 0.1) is 6.92 Å². The molecule has 0 aliphatic carbocycles. The van der Waals surface area contributed by atoms with Crippen molar-refractivity contribution in [2.45, 2.75) is 23.5 Å². The fraction of sp³-hybridized carbons (Fsp3) is 0.385. The maximum atomic E-state index is 12.4. The Hall–Kier alpha value is -1.31. The molecular weight excluding hydrogens is 294 g/mol. The second-order valence-corrected chi connectivity index (χ2v) is 7.95. The van der Waals surface area contributed by atoms with Gasteiger partial charge in [0.05, 0.1) is 0 Å². The topological polar surface area (TPSA) is 63.2 Å². The average molecular weight is 309 g/mol. The van der Waals surface area contributed by atoms with Crippen molar-refractivity contribution in [3.8, 4) is 0 Å².